The molecule has 2 unspecified atom stereocenters. The minimum Gasteiger partial charge on any atom is -0.380 e. The Morgan fingerprint density at radius 2 is 2.06 bits per heavy atom. The highest BCUT2D eigenvalue weighted by Gasteiger charge is 2.19. The summed E-state index contributed by atoms with van der Waals surface area (Å²) in [4.78, 5) is 0. The van der Waals surface area contributed by atoms with Crippen LogP contribution in [-0.4, -0.2) is 26.3 Å². The number of hydrogen-bond acceptors (Lipinski definition) is 2. The number of ether oxygens (including phenoxy) is 1. The first-order valence-electron chi connectivity index (χ1n) is 5.76. The van der Waals surface area contributed by atoms with E-state index in [1.807, 2.05) is 6.92 Å². The van der Waals surface area contributed by atoms with Crippen molar-refractivity contribution in [2.45, 2.75) is 31.9 Å². The average molecular weight is 243 g/mol. The summed E-state index contributed by atoms with van der Waals surface area (Å²) >= 11 is 0. The number of benzene rings is 1. The van der Waals surface area contributed by atoms with Crippen LogP contribution in [0.4, 0.5) is 8.78 Å². The van der Waals surface area contributed by atoms with Crippen molar-refractivity contribution in [3.05, 3.63) is 35.4 Å². The van der Waals surface area contributed by atoms with Crippen molar-refractivity contribution in [1.82, 2.24) is 5.32 Å². The summed E-state index contributed by atoms with van der Waals surface area (Å²) in [5.41, 5.74) is 0.375. The number of nitrogens with one attached hydrogen (secondary N) is 1. The maximum absolute atomic E-state index is 13.5. The summed E-state index contributed by atoms with van der Waals surface area (Å²) in [6.45, 7) is 2.00. The molecule has 1 aromatic carbocycles. The van der Waals surface area contributed by atoms with Crippen LogP contribution in [0.5, 0.6) is 0 Å². The van der Waals surface area contributed by atoms with Crippen LogP contribution in [0.25, 0.3) is 0 Å². The van der Waals surface area contributed by atoms with E-state index in [1.54, 1.807) is 14.2 Å². The van der Waals surface area contributed by atoms with Gasteiger partial charge in [-0.2, -0.15) is 0 Å². The van der Waals surface area contributed by atoms with Gasteiger partial charge in [0.1, 0.15) is 11.6 Å². The quantitative estimate of drug-likeness (QED) is 0.829. The summed E-state index contributed by atoms with van der Waals surface area (Å²) < 4.78 is 31.9. The maximum Gasteiger partial charge on any atom is 0.126 e. The molecule has 2 atom stereocenters. The number of rotatable bonds is 6. The molecule has 4 heteroatoms. The van der Waals surface area contributed by atoms with E-state index in [1.165, 1.54) is 6.07 Å². The summed E-state index contributed by atoms with van der Waals surface area (Å²) in [5, 5.41) is 3.09. The van der Waals surface area contributed by atoms with E-state index in [-0.39, 0.29) is 18.0 Å². The Hall–Kier alpha value is -1.00. The Bertz CT molecular complexity index is 353. The van der Waals surface area contributed by atoms with Gasteiger partial charge in [0, 0.05) is 13.2 Å². The molecule has 2 nitrogen and oxygen atoms in total. The molecule has 0 aliphatic heterocycles. The van der Waals surface area contributed by atoms with E-state index in [4.69, 9.17) is 4.74 Å². The fourth-order valence-electron chi connectivity index (χ4n) is 1.97. The van der Waals surface area contributed by atoms with Crippen molar-refractivity contribution >= 4 is 0 Å². The highest BCUT2D eigenvalue weighted by molar-refractivity contribution is 5.20. The highest BCUT2D eigenvalue weighted by atomic mass is 19.1. The average Bonchev–Trinajstić information content (AvgIpc) is 2.33. The lowest BCUT2D eigenvalue weighted by Gasteiger charge is -2.24. The number of likely N-dealkylation sites (N-methyl/N-ethyl adjacent to an activating group) is 1. The molecule has 0 aromatic heterocycles. The van der Waals surface area contributed by atoms with Crippen LogP contribution in [0.1, 0.15) is 18.9 Å². The van der Waals surface area contributed by atoms with E-state index in [0.29, 0.717) is 12.0 Å². The lowest BCUT2D eigenvalue weighted by molar-refractivity contribution is 0.0675. The summed E-state index contributed by atoms with van der Waals surface area (Å²) in [7, 11) is 3.42. The molecule has 96 valence electrons. The van der Waals surface area contributed by atoms with E-state index in [2.05, 4.69) is 5.32 Å². The van der Waals surface area contributed by atoms with Crippen LogP contribution in [-0.2, 0) is 11.2 Å². The second-order valence-electron chi connectivity index (χ2n) is 4.02. The van der Waals surface area contributed by atoms with E-state index >= 15 is 0 Å². The Morgan fingerprint density at radius 3 is 2.59 bits per heavy atom. The molecule has 1 N–H and O–H groups in total. The van der Waals surface area contributed by atoms with Gasteiger partial charge in [-0.15, -0.1) is 0 Å². The molecule has 0 heterocycles. The van der Waals surface area contributed by atoms with Crippen LogP contribution in [0, 0.1) is 11.6 Å². The molecule has 1 aromatic rings. The third-order valence-corrected chi connectivity index (χ3v) is 2.97. The van der Waals surface area contributed by atoms with Gasteiger partial charge in [0.2, 0.25) is 0 Å². The van der Waals surface area contributed by atoms with Gasteiger partial charge in [0.05, 0.1) is 6.10 Å². The first-order valence-corrected chi connectivity index (χ1v) is 5.76. The Morgan fingerprint density at radius 1 is 1.35 bits per heavy atom. The van der Waals surface area contributed by atoms with Crippen LogP contribution < -0.4 is 5.32 Å². The molecule has 0 aliphatic carbocycles. The molecule has 0 bridgehead atoms. The lowest BCUT2D eigenvalue weighted by Crippen LogP contribution is -2.40. The summed E-state index contributed by atoms with van der Waals surface area (Å²) in [6.07, 6.45) is 1.22. The van der Waals surface area contributed by atoms with E-state index in [9.17, 15) is 8.78 Å². The SMILES string of the molecule is CCC(OC)C(Cc1cc(F)ccc1F)NC. The van der Waals surface area contributed by atoms with Crippen molar-refractivity contribution in [2.75, 3.05) is 14.2 Å². The van der Waals surface area contributed by atoms with Gasteiger partial charge in [-0.25, -0.2) is 8.78 Å². The van der Waals surface area contributed by atoms with Crippen LogP contribution in [0.15, 0.2) is 18.2 Å². The first kappa shape index (κ1) is 14.1. The first-order chi connectivity index (χ1) is 8.12. The molecule has 0 saturated carbocycles. The van der Waals surface area contributed by atoms with E-state index in [0.717, 1.165) is 18.6 Å². The third kappa shape index (κ3) is 3.75. The van der Waals surface area contributed by atoms with Gasteiger partial charge in [0.25, 0.3) is 0 Å². The Kier molecular flexibility index (Phi) is 5.51. The van der Waals surface area contributed by atoms with Gasteiger partial charge >= 0.3 is 0 Å². The fourth-order valence-corrected chi connectivity index (χ4v) is 1.97. The monoisotopic (exact) mass is 243 g/mol. The molecule has 0 amide bonds. The van der Waals surface area contributed by atoms with Crippen molar-refractivity contribution in [1.29, 1.82) is 0 Å². The maximum atomic E-state index is 13.5. The van der Waals surface area contributed by atoms with E-state index < -0.39 is 5.82 Å². The minimum absolute atomic E-state index is 0.0114. The zero-order chi connectivity index (χ0) is 12.8. The molecular formula is C13H19F2NO. The van der Waals surface area contributed by atoms with Gasteiger partial charge in [0.15, 0.2) is 0 Å². The Labute approximate surface area is 101 Å². The third-order valence-electron chi connectivity index (χ3n) is 2.97. The second kappa shape index (κ2) is 6.67. The molecule has 0 radical (unpaired) electrons. The van der Waals surface area contributed by atoms with Gasteiger partial charge in [-0.3, -0.25) is 0 Å². The van der Waals surface area contributed by atoms with Crippen LogP contribution in [0.3, 0.4) is 0 Å². The molecule has 0 aliphatic rings. The van der Waals surface area contributed by atoms with Crippen molar-refractivity contribution in [3.8, 4) is 0 Å². The summed E-state index contributed by atoms with van der Waals surface area (Å²) in [6, 6.07) is 3.50. The normalized spacial score (nSPS) is 14.6. The highest BCUT2D eigenvalue weighted by Crippen LogP contribution is 2.15. The predicted molar refractivity (Wildman–Crippen MR) is 64.0 cm³/mol. The largest absolute Gasteiger partial charge is 0.380 e. The van der Waals surface area contributed by atoms with Crippen molar-refractivity contribution < 1.29 is 13.5 Å². The number of methoxy groups -OCH3 is 1. The predicted octanol–water partition coefficient (Wildman–Crippen LogP) is 2.52. The van der Waals surface area contributed by atoms with Crippen LogP contribution >= 0.6 is 0 Å². The Balaban J connectivity index is 2.83. The molecule has 1 rings (SSSR count). The standard InChI is InChI=1S/C13H19F2NO/c1-4-13(17-3)12(16-2)8-9-7-10(14)5-6-11(9)15/h5-7,12-13,16H,4,8H2,1-3H3. The van der Waals surface area contributed by atoms with Crippen molar-refractivity contribution in [3.63, 3.8) is 0 Å². The summed E-state index contributed by atoms with van der Waals surface area (Å²) in [5.74, 6) is -0.792. The van der Waals surface area contributed by atoms with Gasteiger partial charge < -0.3 is 10.1 Å². The molecule has 0 saturated heterocycles. The zero-order valence-electron chi connectivity index (χ0n) is 10.5. The zero-order valence-corrected chi connectivity index (χ0v) is 10.5. The molecular weight excluding hydrogens is 224 g/mol. The lowest BCUT2D eigenvalue weighted by atomic mass is 9.99. The minimum atomic E-state index is -0.415. The molecule has 0 fully saturated rings. The number of hydrogen-bond donors (Lipinski definition) is 1. The number of halogens is 2. The molecule has 17 heavy (non-hydrogen) atoms. The fraction of sp³-hybridized carbons (Fsp3) is 0.538. The smallest absolute Gasteiger partial charge is 0.126 e. The van der Waals surface area contributed by atoms with Crippen LogP contribution in [0.2, 0.25) is 0 Å². The molecule has 0 spiro atoms. The van der Waals surface area contributed by atoms with Gasteiger partial charge in [-0.05, 0) is 43.7 Å². The van der Waals surface area contributed by atoms with Gasteiger partial charge in [-0.1, -0.05) is 6.92 Å². The second-order valence-corrected chi connectivity index (χ2v) is 4.02. The topological polar surface area (TPSA) is 21.3 Å². The van der Waals surface area contributed by atoms with Crippen molar-refractivity contribution in [2.24, 2.45) is 0 Å².